The summed E-state index contributed by atoms with van der Waals surface area (Å²) < 4.78 is 6.83. The lowest BCUT2D eigenvalue weighted by molar-refractivity contribution is -0.120. The van der Waals surface area contributed by atoms with Gasteiger partial charge in [0.15, 0.2) is 0 Å². The summed E-state index contributed by atoms with van der Waals surface area (Å²) in [5.41, 5.74) is 2.23. The highest BCUT2D eigenvalue weighted by Crippen LogP contribution is 2.17. The maximum Gasteiger partial charge on any atom is 0.233 e. The van der Waals surface area contributed by atoms with Crippen LogP contribution in [0.4, 0.5) is 0 Å². The molecule has 5 nitrogen and oxygen atoms in total. The summed E-state index contributed by atoms with van der Waals surface area (Å²) in [6.07, 6.45) is 3.71. The predicted octanol–water partition coefficient (Wildman–Crippen LogP) is 2.47. The van der Waals surface area contributed by atoms with Crippen molar-refractivity contribution in [3.63, 3.8) is 0 Å². The van der Waals surface area contributed by atoms with Crippen LogP contribution >= 0.6 is 11.8 Å². The van der Waals surface area contributed by atoms with Gasteiger partial charge in [-0.25, -0.2) is 0 Å². The van der Waals surface area contributed by atoms with Crippen LogP contribution in [-0.4, -0.2) is 34.7 Å². The molecule has 1 atom stereocenters. The number of nitrogens with one attached hydrogen (secondary N) is 1. The molecule has 0 unspecified atom stereocenters. The molecule has 0 saturated carbocycles. The summed E-state index contributed by atoms with van der Waals surface area (Å²) in [5.74, 6) is 0.889. The molecule has 1 N–H and O–H groups in total. The van der Waals surface area contributed by atoms with E-state index in [-0.39, 0.29) is 11.2 Å². The van der Waals surface area contributed by atoms with Gasteiger partial charge in [-0.15, -0.1) is 11.8 Å². The first-order valence-corrected chi connectivity index (χ1v) is 8.67. The van der Waals surface area contributed by atoms with Crippen LogP contribution in [0.1, 0.15) is 18.1 Å². The molecule has 0 saturated heterocycles. The average molecular weight is 333 g/mol. The van der Waals surface area contributed by atoms with Crippen LogP contribution in [0.5, 0.6) is 0 Å². The third kappa shape index (κ3) is 6.08. The van der Waals surface area contributed by atoms with Crippen molar-refractivity contribution < 1.29 is 9.53 Å². The standard InChI is InChI=1S/C17H23N3O2S/c1-14(23-13-15-6-4-3-5-7-15)17(21)18-10-16-11-19-20(12-16)8-9-22-2/h3-7,11-12,14H,8-10,13H2,1-2H3,(H,18,21)/t14-/m1/s1. The van der Waals surface area contributed by atoms with Gasteiger partial charge < -0.3 is 10.1 Å². The minimum Gasteiger partial charge on any atom is -0.383 e. The lowest BCUT2D eigenvalue weighted by Crippen LogP contribution is -2.30. The van der Waals surface area contributed by atoms with Crippen molar-refractivity contribution in [2.24, 2.45) is 0 Å². The molecule has 0 aliphatic carbocycles. The van der Waals surface area contributed by atoms with Gasteiger partial charge >= 0.3 is 0 Å². The van der Waals surface area contributed by atoms with E-state index < -0.39 is 0 Å². The van der Waals surface area contributed by atoms with Crippen molar-refractivity contribution in [2.45, 2.75) is 31.0 Å². The van der Waals surface area contributed by atoms with E-state index in [1.54, 1.807) is 25.1 Å². The zero-order valence-electron chi connectivity index (χ0n) is 13.6. The Bertz CT molecular complexity index is 601. The van der Waals surface area contributed by atoms with Crippen LogP contribution in [0.15, 0.2) is 42.7 Å². The Balaban J connectivity index is 1.72. The van der Waals surface area contributed by atoms with E-state index in [1.807, 2.05) is 36.0 Å². The number of ether oxygens (including phenoxy) is 1. The van der Waals surface area contributed by atoms with Crippen LogP contribution in [0, 0.1) is 0 Å². The van der Waals surface area contributed by atoms with Crippen molar-refractivity contribution in [1.29, 1.82) is 0 Å². The summed E-state index contributed by atoms with van der Waals surface area (Å²) in [6.45, 7) is 3.78. The third-order valence-electron chi connectivity index (χ3n) is 3.39. The van der Waals surface area contributed by atoms with Gasteiger partial charge in [-0.1, -0.05) is 30.3 Å². The van der Waals surface area contributed by atoms with Gasteiger partial charge in [0.25, 0.3) is 0 Å². The Morgan fingerprint density at radius 2 is 2.13 bits per heavy atom. The molecule has 0 aliphatic rings. The molecule has 1 aromatic carbocycles. The molecule has 23 heavy (non-hydrogen) atoms. The van der Waals surface area contributed by atoms with E-state index in [0.717, 1.165) is 11.3 Å². The van der Waals surface area contributed by atoms with E-state index in [9.17, 15) is 4.79 Å². The maximum atomic E-state index is 12.1. The number of nitrogens with zero attached hydrogens (tertiary/aromatic N) is 2. The first-order valence-electron chi connectivity index (χ1n) is 7.62. The smallest absolute Gasteiger partial charge is 0.233 e. The number of hydrogen-bond acceptors (Lipinski definition) is 4. The fraction of sp³-hybridized carbons (Fsp3) is 0.412. The van der Waals surface area contributed by atoms with Crippen LogP contribution in [0.2, 0.25) is 0 Å². The predicted molar refractivity (Wildman–Crippen MR) is 93.1 cm³/mol. The molecule has 0 aliphatic heterocycles. The highest BCUT2D eigenvalue weighted by Gasteiger charge is 2.13. The number of methoxy groups -OCH3 is 1. The fourth-order valence-electron chi connectivity index (χ4n) is 2.01. The maximum absolute atomic E-state index is 12.1. The van der Waals surface area contributed by atoms with E-state index in [1.165, 1.54) is 5.56 Å². The monoisotopic (exact) mass is 333 g/mol. The van der Waals surface area contributed by atoms with Crippen LogP contribution in [0.3, 0.4) is 0 Å². The van der Waals surface area contributed by atoms with Crippen molar-refractivity contribution >= 4 is 17.7 Å². The minimum atomic E-state index is -0.0845. The first kappa shape index (κ1) is 17.6. The normalized spacial score (nSPS) is 12.1. The van der Waals surface area contributed by atoms with Crippen LogP contribution < -0.4 is 5.32 Å². The van der Waals surface area contributed by atoms with Crippen LogP contribution in [0.25, 0.3) is 0 Å². The second-order valence-corrected chi connectivity index (χ2v) is 6.59. The third-order valence-corrected chi connectivity index (χ3v) is 4.60. The fourth-order valence-corrected chi connectivity index (χ4v) is 2.88. The number of amides is 1. The van der Waals surface area contributed by atoms with Crippen molar-refractivity contribution in [1.82, 2.24) is 15.1 Å². The number of carbonyl (C=O) groups is 1. The number of thioether (sulfide) groups is 1. The molecule has 6 heteroatoms. The Hall–Kier alpha value is -1.79. The van der Waals surface area contributed by atoms with Gasteiger partial charge in [-0.3, -0.25) is 9.48 Å². The number of rotatable bonds is 9. The van der Waals surface area contributed by atoms with Gasteiger partial charge in [0, 0.05) is 31.2 Å². The van der Waals surface area contributed by atoms with Crippen LogP contribution in [-0.2, 0) is 28.4 Å². The van der Waals surface area contributed by atoms with Gasteiger partial charge in [-0.05, 0) is 12.5 Å². The quantitative estimate of drug-likeness (QED) is 0.766. The van der Waals surface area contributed by atoms with Gasteiger partial charge in [0.1, 0.15) is 0 Å². The number of aromatic nitrogens is 2. The molecule has 124 valence electrons. The molecular weight excluding hydrogens is 310 g/mol. The van der Waals surface area contributed by atoms with E-state index in [4.69, 9.17) is 4.74 Å². The second-order valence-electron chi connectivity index (χ2n) is 5.26. The SMILES string of the molecule is COCCn1cc(CNC(=O)[C@@H](C)SCc2ccccc2)cn1. The second kappa shape index (κ2) is 9.37. The molecule has 0 spiro atoms. The summed E-state index contributed by atoms with van der Waals surface area (Å²) >= 11 is 1.64. The van der Waals surface area contributed by atoms with Crippen molar-refractivity contribution in [3.05, 3.63) is 53.9 Å². The molecule has 0 bridgehead atoms. The lowest BCUT2D eigenvalue weighted by Gasteiger charge is -2.11. The topological polar surface area (TPSA) is 56.1 Å². The van der Waals surface area contributed by atoms with Gasteiger partial charge in [-0.2, -0.15) is 5.10 Å². The van der Waals surface area contributed by atoms with Crippen molar-refractivity contribution in [3.8, 4) is 0 Å². The molecule has 1 amide bonds. The molecule has 2 aromatic rings. The molecule has 2 rings (SSSR count). The molecule has 0 radical (unpaired) electrons. The highest BCUT2D eigenvalue weighted by molar-refractivity contribution is 7.99. The summed E-state index contributed by atoms with van der Waals surface area (Å²) in [4.78, 5) is 12.1. The van der Waals surface area contributed by atoms with Gasteiger partial charge in [0.05, 0.1) is 24.6 Å². The van der Waals surface area contributed by atoms with E-state index >= 15 is 0 Å². The van der Waals surface area contributed by atoms with Gasteiger partial charge in [0.2, 0.25) is 5.91 Å². The first-order chi connectivity index (χ1) is 11.2. The molecule has 0 fully saturated rings. The largest absolute Gasteiger partial charge is 0.383 e. The number of carbonyl (C=O) groups excluding carboxylic acids is 1. The highest BCUT2D eigenvalue weighted by atomic mass is 32.2. The lowest BCUT2D eigenvalue weighted by atomic mass is 10.2. The Morgan fingerprint density at radius 1 is 1.35 bits per heavy atom. The molecule has 1 aromatic heterocycles. The van der Waals surface area contributed by atoms with E-state index in [0.29, 0.717) is 19.7 Å². The summed E-state index contributed by atoms with van der Waals surface area (Å²) in [5, 5.41) is 7.11. The number of benzene rings is 1. The zero-order valence-corrected chi connectivity index (χ0v) is 14.4. The average Bonchev–Trinajstić information content (AvgIpc) is 3.04. The Morgan fingerprint density at radius 3 is 2.87 bits per heavy atom. The number of hydrogen-bond donors (Lipinski definition) is 1. The Kier molecular flexibility index (Phi) is 7.16. The summed E-state index contributed by atoms with van der Waals surface area (Å²) in [6, 6.07) is 10.2. The zero-order chi connectivity index (χ0) is 16.5. The molecular formula is C17H23N3O2S. The Labute approximate surface area is 141 Å². The van der Waals surface area contributed by atoms with Crippen molar-refractivity contribution in [2.75, 3.05) is 13.7 Å². The minimum absolute atomic E-state index is 0.0515. The summed E-state index contributed by atoms with van der Waals surface area (Å²) in [7, 11) is 1.67. The molecule has 1 heterocycles. The van der Waals surface area contributed by atoms with E-state index in [2.05, 4.69) is 22.5 Å².